The molecule has 0 amide bonds. The summed E-state index contributed by atoms with van der Waals surface area (Å²) in [6.45, 7) is 0.0250. The van der Waals surface area contributed by atoms with Gasteiger partial charge in [0.05, 0.1) is 5.57 Å². The van der Waals surface area contributed by atoms with E-state index in [0.29, 0.717) is 11.3 Å². The number of aliphatic carboxylic acids is 1. The van der Waals surface area contributed by atoms with Crippen molar-refractivity contribution in [3.05, 3.63) is 35.4 Å². The summed E-state index contributed by atoms with van der Waals surface area (Å²) in [7, 11) is -4.28. The maximum atomic E-state index is 11.1. The van der Waals surface area contributed by atoms with Gasteiger partial charge in [-0.15, -0.1) is 0 Å². The predicted octanol–water partition coefficient (Wildman–Crippen LogP) is 0.838. The second-order valence-corrected chi connectivity index (χ2v) is 5.34. The van der Waals surface area contributed by atoms with Crippen LogP contribution in [-0.4, -0.2) is 36.3 Å². The van der Waals surface area contributed by atoms with Crippen LogP contribution in [0.3, 0.4) is 0 Å². The maximum absolute atomic E-state index is 11.1. The third-order valence-electron chi connectivity index (χ3n) is 2.66. The van der Waals surface area contributed by atoms with Gasteiger partial charge in [-0.05, 0) is 11.6 Å². The molecule has 1 aliphatic heterocycles. The van der Waals surface area contributed by atoms with Gasteiger partial charge in [0.15, 0.2) is 0 Å². The highest BCUT2D eigenvalue weighted by Crippen LogP contribution is 2.31. The number of carbonyl (C=O) groups is 1. The van der Waals surface area contributed by atoms with E-state index in [4.69, 9.17) is 9.66 Å². The Bertz CT molecular complexity index is 633. The Morgan fingerprint density at radius 2 is 2.00 bits per heavy atom. The molecule has 3 N–H and O–H groups in total. The van der Waals surface area contributed by atoms with Crippen LogP contribution in [0.4, 0.5) is 5.69 Å². The number of para-hydroxylation sites is 1. The highest BCUT2D eigenvalue weighted by molar-refractivity contribution is 7.86. The first-order chi connectivity index (χ1) is 8.38. The smallest absolute Gasteiger partial charge is 0.333 e. The average Bonchev–Trinajstić information content (AvgIpc) is 2.27. The highest BCUT2D eigenvalue weighted by atomic mass is 32.2. The van der Waals surface area contributed by atoms with Crippen LogP contribution in [0.1, 0.15) is 5.56 Å². The van der Waals surface area contributed by atoms with Gasteiger partial charge in [-0.1, -0.05) is 18.2 Å². The molecular formula is C11H11NO5S. The van der Waals surface area contributed by atoms with Gasteiger partial charge in [0, 0.05) is 17.8 Å². The minimum absolute atomic E-state index is 0.0250. The number of hydrogen-bond donors (Lipinski definition) is 3. The summed E-state index contributed by atoms with van der Waals surface area (Å²) >= 11 is 0. The zero-order valence-corrected chi connectivity index (χ0v) is 10.1. The third-order valence-corrected chi connectivity index (χ3v) is 3.31. The molecule has 6 nitrogen and oxygen atoms in total. The zero-order chi connectivity index (χ0) is 13.3. The lowest BCUT2D eigenvalue weighted by molar-refractivity contribution is -0.132. The van der Waals surface area contributed by atoms with Gasteiger partial charge in [-0.3, -0.25) is 4.55 Å². The van der Waals surface area contributed by atoms with Gasteiger partial charge in [0.25, 0.3) is 10.1 Å². The Balaban J connectivity index is 2.60. The van der Waals surface area contributed by atoms with E-state index >= 15 is 0 Å². The van der Waals surface area contributed by atoms with E-state index in [2.05, 4.69) is 5.32 Å². The van der Waals surface area contributed by atoms with Crippen LogP contribution in [0.25, 0.3) is 5.57 Å². The van der Waals surface area contributed by atoms with Gasteiger partial charge in [0.1, 0.15) is 5.75 Å². The van der Waals surface area contributed by atoms with E-state index in [9.17, 15) is 13.2 Å². The third kappa shape index (κ3) is 2.52. The molecule has 0 fully saturated rings. The Morgan fingerprint density at radius 1 is 1.33 bits per heavy atom. The fourth-order valence-corrected chi connectivity index (χ4v) is 2.60. The second-order valence-electron chi connectivity index (χ2n) is 3.89. The zero-order valence-electron chi connectivity index (χ0n) is 9.25. The minimum atomic E-state index is -4.28. The largest absolute Gasteiger partial charge is 0.478 e. The molecule has 0 radical (unpaired) electrons. The summed E-state index contributed by atoms with van der Waals surface area (Å²) < 4.78 is 30.9. The van der Waals surface area contributed by atoms with Gasteiger partial charge in [0.2, 0.25) is 0 Å². The molecule has 0 atom stereocenters. The molecule has 1 aliphatic rings. The Morgan fingerprint density at radius 3 is 2.61 bits per heavy atom. The lowest BCUT2D eigenvalue weighted by Gasteiger charge is -2.22. The fraction of sp³-hybridized carbons (Fsp3) is 0.182. The first-order valence-electron chi connectivity index (χ1n) is 5.12. The van der Waals surface area contributed by atoms with Gasteiger partial charge in [-0.2, -0.15) is 8.42 Å². The van der Waals surface area contributed by atoms with Crippen LogP contribution >= 0.6 is 0 Å². The number of nitrogens with one attached hydrogen (secondary N) is 1. The number of anilines is 1. The Labute approximate surface area is 104 Å². The predicted molar refractivity (Wildman–Crippen MR) is 65.9 cm³/mol. The van der Waals surface area contributed by atoms with Crippen molar-refractivity contribution in [1.82, 2.24) is 0 Å². The normalized spacial score (nSPS) is 14.9. The molecule has 7 heteroatoms. The molecule has 1 aromatic rings. The van der Waals surface area contributed by atoms with E-state index in [1.165, 1.54) is 0 Å². The molecule has 18 heavy (non-hydrogen) atoms. The van der Waals surface area contributed by atoms with Crippen molar-refractivity contribution in [1.29, 1.82) is 0 Å². The van der Waals surface area contributed by atoms with Crippen molar-refractivity contribution in [2.75, 3.05) is 17.6 Å². The topological polar surface area (TPSA) is 104 Å². The lowest BCUT2D eigenvalue weighted by atomic mass is 9.96. The molecule has 1 heterocycles. The number of carboxylic acid groups (broad SMARTS) is 1. The first-order valence-corrected chi connectivity index (χ1v) is 6.73. The van der Waals surface area contributed by atoms with Crippen LogP contribution in [0.5, 0.6) is 0 Å². The summed E-state index contributed by atoms with van der Waals surface area (Å²) in [5.74, 6) is -1.90. The highest BCUT2D eigenvalue weighted by Gasteiger charge is 2.25. The van der Waals surface area contributed by atoms with Gasteiger partial charge >= 0.3 is 5.97 Å². The molecular weight excluding hydrogens is 258 g/mol. The summed E-state index contributed by atoms with van der Waals surface area (Å²) in [6.07, 6.45) is 0. The van der Waals surface area contributed by atoms with Crippen molar-refractivity contribution in [2.45, 2.75) is 0 Å². The molecule has 0 aliphatic carbocycles. The summed E-state index contributed by atoms with van der Waals surface area (Å²) in [4.78, 5) is 11.1. The first kappa shape index (κ1) is 12.6. The number of rotatable bonds is 3. The number of carboxylic acids is 1. The Kier molecular flexibility index (Phi) is 3.10. The van der Waals surface area contributed by atoms with Crippen LogP contribution < -0.4 is 5.32 Å². The van der Waals surface area contributed by atoms with Gasteiger partial charge in [-0.25, -0.2) is 4.79 Å². The van der Waals surface area contributed by atoms with E-state index in [0.717, 1.165) is 0 Å². The van der Waals surface area contributed by atoms with Crippen molar-refractivity contribution in [2.24, 2.45) is 0 Å². The van der Waals surface area contributed by atoms with Gasteiger partial charge < -0.3 is 10.4 Å². The molecule has 1 aromatic carbocycles. The van der Waals surface area contributed by atoms with Crippen molar-refractivity contribution in [3.63, 3.8) is 0 Å². The average molecular weight is 269 g/mol. The van der Waals surface area contributed by atoms with Crippen molar-refractivity contribution < 1.29 is 22.9 Å². The summed E-state index contributed by atoms with van der Waals surface area (Å²) in [5, 5.41) is 12.0. The molecule has 2 rings (SSSR count). The second kappa shape index (κ2) is 4.43. The van der Waals surface area contributed by atoms with Crippen molar-refractivity contribution in [3.8, 4) is 0 Å². The van der Waals surface area contributed by atoms with Crippen LogP contribution in [-0.2, 0) is 14.9 Å². The molecule has 0 saturated carbocycles. The van der Waals surface area contributed by atoms with Crippen molar-refractivity contribution >= 4 is 27.3 Å². The molecule has 0 unspecified atom stereocenters. The monoisotopic (exact) mass is 269 g/mol. The van der Waals surface area contributed by atoms with Crippen LogP contribution in [0.2, 0.25) is 0 Å². The lowest BCUT2D eigenvalue weighted by Crippen LogP contribution is -2.23. The van der Waals surface area contributed by atoms with E-state index < -0.39 is 21.8 Å². The molecule has 0 aromatic heterocycles. The van der Waals surface area contributed by atoms with Crippen LogP contribution in [0.15, 0.2) is 29.8 Å². The number of fused-ring (bicyclic) bond motifs is 1. The quantitative estimate of drug-likeness (QED) is 0.702. The van der Waals surface area contributed by atoms with Crippen LogP contribution in [0, 0.1) is 0 Å². The Hall–Kier alpha value is -1.86. The molecule has 96 valence electrons. The summed E-state index contributed by atoms with van der Waals surface area (Å²) in [6, 6.07) is 6.76. The van der Waals surface area contributed by atoms with E-state index in [-0.39, 0.29) is 17.7 Å². The molecule has 0 saturated heterocycles. The summed E-state index contributed by atoms with van der Waals surface area (Å²) in [5.41, 5.74) is 1.21. The molecule has 0 bridgehead atoms. The van der Waals surface area contributed by atoms with E-state index in [1.54, 1.807) is 24.3 Å². The minimum Gasteiger partial charge on any atom is -0.478 e. The fourth-order valence-electron chi connectivity index (χ4n) is 1.91. The number of hydrogen-bond acceptors (Lipinski definition) is 4. The SMILES string of the molecule is O=C(O)C1=C(CS(=O)(=O)O)c2ccccc2NC1. The maximum Gasteiger partial charge on any atom is 0.333 e. The van der Waals surface area contributed by atoms with E-state index in [1.807, 2.05) is 0 Å². The molecule has 0 spiro atoms. The number of benzene rings is 1. The standard InChI is InChI=1S/C11H11NO5S/c13-11(14)8-5-12-10-4-2-1-3-7(10)9(8)6-18(15,16)17/h1-4,12H,5-6H2,(H,13,14)(H,15,16,17).